The predicted molar refractivity (Wildman–Crippen MR) is 75.1 cm³/mol. The summed E-state index contributed by atoms with van der Waals surface area (Å²) in [5.74, 6) is 0. The summed E-state index contributed by atoms with van der Waals surface area (Å²) in [6.45, 7) is 2.58. The van der Waals surface area contributed by atoms with Crippen LogP contribution in [0.4, 0.5) is 0 Å². The number of hydrogen-bond acceptors (Lipinski definition) is 2. The smallest absolute Gasteiger partial charge is 0.322 e. The van der Waals surface area contributed by atoms with Crippen LogP contribution in [0.25, 0.3) is 0 Å². The Hall–Kier alpha value is -1.81. The Morgan fingerprint density at radius 3 is 2.74 bits per heavy atom. The van der Waals surface area contributed by atoms with E-state index in [-0.39, 0.29) is 11.7 Å². The molecule has 3 rings (SSSR count). The van der Waals surface area contributed by atoms with Crippen LogP contribution in [0.3, 0.4) is 0 Å². The minimum atomic E-state index is -0.144. The van der Waals surface area contributed by atoms with Crippen molar-refractivity contribution in [3.05, 3.63) is 58.3 Å². The van der Waals surface area contributed by atoms with Crippen molar-refractivity contribution in [3.8, 4) is 0 Å². The molecule has 100 valence electrons. The summed E-state index contributed by atoms with van der Waals surface area (Å²) in [6.07, 6.45) is 5.96. The number of nitrogens with two attached hydrogens (primary N) is 1. The van der Waals surface area contributed by atoms with Gasteiger partial charge in [0.1, 0.15) is 0 Å². The first-order valence-electron chi connectivity index (χ1n) is 6.75. The minimum absolute atomic E-state index is 0.0616. The first kappa shape index (κ1) is 12.2. The van der Waals surface area contributed by atoms with Crippen LogP contribution < -0.4 is 11.4 Å². The van der Waals surface area contributed by atoms with E-state index < -0.39 is 0 Å². The number of nitrogens with zero attached hydrogens (tertiary/aromatic N) is 2. The Bertz CT molecular complexity index is 637. The molecule has 0 radical (unpaired) electrons. The number of imidazole rings is 1. The Morgan fingerprint density at radius 1 is 1.32 bits per heavy atom. The van der Waals surface area contributed by atoms with Gasteiger partial charge in [-0.3, -0.25) is 9.13 Å². The first-order valence-corrected chi connectivity index (χ1v) is 6.75. The highest BCUT2D eigenvalue weighted by Gasteiger charge is 2.25. The molecule has 1 heterocycles. The first-order chi connectivity index (χ1) is 9.16. The molecular formula is C15H19N3O. The molecular weight excluding hydrogens is 238 g/mol. The summed E-state index contributed by atoms with van der Waals surface area (Å²) >= 11 is 0. The Labute approximate surface area is 112 Å². The van der Waals surface area contributed by atoms with Crippen LogP contribution in [0, 0.1) is 6.92 Å². The highest BCUT2D eigenvalue weighted by molar-refractivity contribution is 5.28. The summed E-state index contributed by atoms with van der Waals surface area (Å²) in [5, 5.41) is 0. The Kier molecular flexibility index (Phi) is 3.03. The van der Waals surface area contributed by atoms with Gasteiger partial charge in [-0.15, -0.1) is 0 Å². The van der Waals surface area contributed by atoms with Crippen LogP contribution in [0.15, 0.2) is 41.5 Å². The lowest BCUT2D eigenvalue weighted by molar-refractivity contribution is 0.544. The molecule has 4 heteroatoms. The molecule has 19 heavy (non-hydrogen) atoms. The van der Waals surface area contributed by atoms with E-state index in [0.29, 0.717) is 12.6 Å². The zero-order valence-corrected chi connectivity index (χ0v) is 11.1. The van der Waals surface area contributed by atoms with E-state index in [0.717, 1.165) is 18.4 Å². The van der Waals surface area contributed by atoms with Crippen molar-refractivity contribution in [2.75, 3.05) is 0 Å². The SMILES string of the molecule is Cc1ccccc1C(N)Cn1ccn(C2CC2)c1=O. The summed E-state index contributed by atoms with van der Waals surface area (Å²) in [6, 6.07) is 8.34. The summed E-state index contributed by atoms with van der Waals surface area (Å²) < 4.78 is 3.54. The van der Waals surface area contributed by atoms with Crippen molar-refractivity contribution in [3.63, 3.8) is 0 Å². The molecule has 2 N–H and O–H groups in total. The zero-order chi connectivity index (χ0) is 13.4. The molecule has 0 saturated heterocycles. The lowest BCUT2D eigenvalue weighted by atomic mass is 10.0. The fourth-order valence-corrected chi connectivity index (χ4v) is 2.51. The number of benzene rings is 1. The van der Waals surface area contributed by atoms with E-state index in [1.54, 1.807) is 4.57 Å². The fourth-order valence-electron chi connectivity index (χ4n) is 2.51. The van der Waals surface area contributed by atoms with E-state index in [1.165, 1.54) is 5.56 Å². The molecule has 1 aromatic heterocycles. The highest BCUT2D eigenvalue weighted by atomic mass is 16.1. The van der Waals surface area contributed by atoms with Crippen LogP contribution in [0.1, 0.15) is 36.1 Å². The number of hydrogen-bond donors (Lipinski definition) is 1. The topological polar surface area (TPSA) is 52.9 Å². The third-order valence-corrected chi connectivity index (χ3v) is 3.80. The number of rotatable bonds is 4. The lowest BCUT2D eigenvalue weighted by Gasteiger charge is -2.14. The van der Waals surface area contributed by atoms with Crippen LogP contribution in [-0.2, 0) is 6.54 Å². The van der Waals surface area contributed by atoms with Gasteiger partial charge in [-0.05, 0) is 30.9 Å². The van der Waals surface area contributed by atoms with Gasteiger partial charge in [-0.2, -0.15) is 0 Å². The molecule has 1 atom stereocenters. The molecule has 1 saturated carbocycles. The zero-order valence-electron chi connectivity index (χ0n) is 11.1. The fraction of sp³-hybridized carbons (Fsp3) is 0.400. The summed E-state index contributed by atoms with van der Waals surface area (Å²) in [5.41, 5.74) is 8.57. The van der Waals surface area contributed by atoms with Crippen LogP contribution >= 0.6 is 0 Å². The van der Waals surface area contributed by atoms with Gasteiger partial charge in [-0.25, -0.2) is 4.79 Å². The summed E-state index contributed by atoms with van der Waals surface area (Å²) in [7, 11) is 0. The van der Waals surface area contributed by atoms with Crippen molar-refractivity contribution in [1.82, 2.24) is 9.13 Å². The second-order valence-electron chi connectivity index (χ2n) is 5.33. The average Bonchev–Trinajstić information content (AvgIpc) is 3.17. The van der Waals surface area contributed by atoms with E-state index in [4.69, 9.17) is 5.73 Å². The van der Waals surface area contributed by atoms with Gasteiger partial charge in [0.15, 0.2) is 0 Å². The van der Waals surface area contributed by atoms with Crippen molar-refractivity contribution in [1.29, 1.82) is 0 Å². The maximum Gasteiger partial charge on any atom is 0.328 e. The van der Waals surface area contributed by atoms with Gasteiger partial charge in [0.25, 0.3) is 0 Å². The average molecular weight is 257 g/mol. The van der Waals surface area contributed by atoms with Crippen LogP contribution in [0.2, 0.25) is 0 Å². The van der Waals surface area contributed by atoms with Gasteiger partial charge in [0.2, 0.25) is 0 Å². The third-order valence-electron chi connectivity index (χ3n) is 3.80. The molecule has 1 fully saturated rings. The van der Waals surface area contributed by atoms with Gasteiger partial charge < -0.3 is 5.73 Å². The van der Waals surface area contributed by atoms with E-state index in [9.17, 15) is 4.79 Å². The van der Waals surface area contributed by atoms with Crippen LogP contribution in [0.5, 0.6) is 0 Å². The van der Waals surface area contributed by atoms with Gasteiger partial charge >= 0.3 is 5.69 Å². The summed E-state index contributed by atoms with van der Waals surface area (Å²) in [4.78, 5) is 12.2. The number of aromatic nitrogens is 2. The van der Waals surface area contributed by atoms with Gasteiger partial charge in [-0.1, -0.05) is 24.3 Å². The normalized spacial score (nSPS) is 16.5. The van der Waals surface area contributed by atoms with Gasteiger partial charge in [0, 0.05) is 31.0 Å². The molecule has 0 spiro atoms. The molecule has 0 bridgehead atoms. The quantitative estimate of drug-likeness (QED) is 0.910. The molecule has 4 nitrogen and oxygen atoms in total. The highest BCUT2D eigenvalue weighted by Crippen LogP contribution is 2.33. The third kappa shape index (κ3) is 2.36. The minimum Gasteiger partial charge on any atom is -0.322 e. The molecule has 1 aliphatic rings. The monoisotopic (exact) mass is 257 g/mol. The van der Waals surface area contributed by atoms with E-state index in [1.807, 2.05) is 48.1 Å². The Balaban J connectivity index is 1.81. The maximum atomic E-state index is 12.2. The molecule has 2 aromatic rings. The lowest BCUT2D eigenvalue weighted by Crippen LogP contribution is -2.28. The van der Waals surface area contributed by atoms with Crippen molar-refractivity contribution < 1.29 is 0 Å². The number of aryl methyl sites for hydroxylation is 1. The molecule has 0 aliphatic heterocycles. The van der Waals surface area contributed by atoms with E-state index in [2.05, 4.69) is 0 Å². The largest absolute Gasteiger partial charge is 0.328 e. The second-order valence-corrected chi connectivity index (χ2v) is 5.33. The maximum absolute atomic E-state index is 12.2. The van der Waals surface area contributed by atoms with Crippen molar-refractivity contribution in [2.45, 2.75) is 38.4 Å². The van der Waals surface area contributed by atoms with E-state index >= 15 is 0 Å². The standard InChI is InChI=1S/C15H19N3O/c1-11-4-2-3-5-13(11)14(16)10-17-8-9-18(15(17)19)12-6-7-12/h2-5,8-9,12,14H,6-7,10,16H2,1H3. The molecule has 1 aromatic carbocycles. The molecule has 1 aliphatic carbocycles. The van der Waals surface area contributed by atoms with Crippen LogP contribution in [-0.4, -0.2) is 9.13 Å². The second kappa shape index (κ2) is 4.70. The van der Waals surface area contributed by atoms with Crippen molar-refractivity contribution >= 4 is 0 Å². The molecule has 1 unspecified atom stereocenters. The van der Waals surface area contributed by atoms with Crippen molar-refractivity contribution in [2.24, 2.45) is 5.73 Å². The van der Waals surface area contributed by atoms with Gasteiger partial charge in [0.05, 0.1) is 0 Å². The Morgan fingerprint density at radius 2 is 2.05 bits per heavy atom. The predicted octanol–water partition coefficient (Wildman–Crippen LogP) is 1.99. The molecule has 0 amide bonds.